The Bertz CT molecular complexity index is 940. The lowest BCUT2D eigenvalue weighted by molar-refractivity contribution is -0.137. The molecule has 2 aromatic carbocycles. The van der Waals surface area contributed by atoms with Gasteiger partial charge in [0.05, 0.1) is 27.9 Å². The van der Waals surface area contributed by atoms with E-state index in [2.05, 4.69) is 5.32 Å². The van der Waals surface area contributed by atoms with Crippen molar-refractivity contribution in [1.29, 1.82) is 0 Å². The molecule has 9 heteroatoms. The molecule has 0 spiro atoms. The first kappa shape index (κ1) is 18.2. The predicted molar refractivity (Wildman–Crippen MR) is 90.3 cm³/mol. The van der Waals surface area contributed by atoms with Gasteiger partial charge in [-0.3, -0.25) is 9.10 Å². The Balaban J connectivity index is 2.09. The number of para-hydroxylation sites is 2. The molecule has 26 heavy (non-hydrogen) atoms. The fourth-order valence-corrected chi connectivity index (χ4v) is 4.53. The molecule has 3 rings (SSSR count). The average molecular weight is 384 g/mol. The highest BCUT2D eigenvalue weighted by molar-refractivity contribution is 7.92. The van der Waals surface area contributed by atoms with E-state index in [0.717, 1.165) is 28.6 Å². The van der Waals surface area contributed by atoms with Crippen LogP contribution in [0.4, 0.5) is 24.5 Å². The lowest BCUT2D eigenvalue weighted by Gasteiger charge is -2.29. The molecular weight excluding hydrogens is 369 g/mol. The minimum Gasteiger partial charge on any atom is -0.324 e. The number of carbonyl (C=O) groups is 1. The lowest BCUT2D eigenvalue weighted by atomic mass is 10.2. The zero-order valence-corrected chi connectivity index (χ0v) is 14.4. The number of fused-ring (bicyclic) bond motifs is 1. The summed E-state index contributed by atoms with van der Waals surface area (Å²) in [5, 5.41) is 2.64. The molecule has 0 bridgehead atoms. The van der Waals surface area contributed by atoms with E-state index in [1.807, 2.05) is 0 Å². The lowest BCUT2D eigenvalue weighted by Crippen LogP contribution is -2.39. The summed E-state index contributed by atoms with van der Waals surface area (Å²) in [6, 6.07) is 8.98. The van der Waals surface area contributed by atoms with E-state index in [1.165, 1.54) is 0 Å². The van der Waals surface area contributed by atoms with Gasteiger partial charge < -0.3 is 5.32 Å². The molecule has 1 amide bonds. The number of nitrogens with one attached hydrogen (secondary N) is 1. The molecule has 0 unspecified atom stereocenters. The van der Waals surface area contributed by atoms with Crippen molar-refractivity contribution in [3.63, 3.8) is 0 Å². The Kier molecular flexibility index (Phi) is 4.43. The van der Waals surface area contributed by atoms with Crippen LogP contribution in [0.15, 0.2) is 53.4 Å². The first-order valence-corrected chi connectivity index (χ1v) is 9.15. The average Bonchev–Trinajstić information content (AvgIpc) is 2.68. The standard InChI is InChI=1S/C17H15F3N2O3S/c1-11-10-16(23)21-14-4-2-3-5-15(14)22(11)26(24,25)13-8-6-12(7-9-13)17(18,19)20/h2-9,11H,10H2,1H3,(H,21,23)/t11-/m1/s1. The Morgan fingerprint density at radius 3 is 2.31 bits per heavy atom. The number of hydrogen-bond donors (Lipinski definition) is 1. The summed E-state index contributed by atoms with van der Waals surface area (Å²) in [4.78, 5) is 11.7. The van der Waals surface area contributed by atoms with E-state index >= 15 is 0 Å². The van der Waals surface area contributed by atoms with Crippen LogP contribution in [0.1, 0.15) is 18.9 Å². The van der Waals surface area contributed by atoms with Gasteiger partial charge in [0.25, 0.3) is 10.0 Å². The number of halogens is 3. The van der Waals surface area contributed by atoms with Crippen molar-refractivity contribution in [2.75, 3.05) is 9.62 Å². The third-order valence-corrected chi connectivity index (χ3v) is 5.98. The molecule has 0 fully saturated rings. The third kappa shape index (κ3) is 3.26. The summed E-state index contributed by atoms with van der Waals surface area (Å²) < 4.78 is 65.4. The second kappa shape index (κ2) is 6.31. The first-order valence-electron chi connectivity index (χ1n) is 7.71. The summed E-state index contributed by atoms with van der Waals surface area (Å²) in [6.45, 7) is 1.57. The van der Waals surface area contributed by atoms with E-state index < -0.39 is 27.8 Å². The second-order valence-corrected chi connectivity index (χ2v) is 7.76. The Morgan fingerprint density at radius 1 is 1.08 bits per heavy atom. The predicted octanol–water partition coefficient (Wildman–Crippen LogP) is 3.63. The van der Waals surface area contributed by atoms with Crippen molar-refractivity contribution in [3.8, 4) is 0 Å². The van der Waals surface area contributed by atoms with E-state index in [1.54, 1.807) is 31.2 Å². The van der Waals surface area contributed by atoms with Gasteiger partial charge in [-0.25, -0.2) is 8.42 Å². The van der Waals surface area contributed by atoms with Crippen molar-refractivity contribution < 1.29 is 26.4 Å². The van der Waals surface area contributed by atoms with Crippen molar-refractivity contribution in [3.05, 3.63) is 54.1 Å². The van der Waals surface area contributed by atoms with Gasteiger partial charge in [0.15, 0.2) is 0 Å². The number of hydrogen-bond acceptors (Lipinski definition) is 3. The number of sulfonamides is 1. The van der Waals surface area contributed by atoms with Gasteiger partial charge in [0.2, 0.25) is 5.91 Å². The quantitative estimate of drug-likeness (QED) is 0.860. The molecule has 0 aliphatic carbocycles. The molecule has 1 heterocycles. The topological polar surface area (TPSA) is 66.5 Å². The van der Waals surface area contributed by atoms with E-state index in [0.29, 0.717) is 5.69 Å². The Morgan fingerprint density at radius 2 is 1.69 bits per heavy atom. The Hall–Kier alpha value is -2.55. The van der Waals surface area contributed by atoms with Crippen molar-refractivity contribution >= 4 is 27.3 Å². The maximum absolute atomic E-state index is 13.1. The normalized spacial score (nSPS) is 18.1. The van der Waals surface area contributed by atoms with Crippen molar-refractivity contribution in [1.82, 2.24) is 0 Å². The largest absolute Gasteiger partial charge is 0.416 e. The number of rotatable bonds is 2. The van der Waals surface area contributed by atoms with Gasteiger partial charge in [-0.05, 0) is 43.3 Å². The summed E-state index contributed by atoms with van der Waals surface area (Å²) in [5.41, 5.74) is -0.333. The number of carbonyl (C=O) groups excluding carboxylic acids is 1. The molecule has 2 aromatic rings. The highest BCUT2D eigenvalue weighted by atomic mass is 32.2. The summed E-state index contributed by atoms with van der Waals surface area (Å²) in [6.07, 6.45) is -4.63. The van der Waals surface area contributed by atoms with Gasteiger partial charge in [-0.2, -0.15) is 13.2 Å². The molecule has 1 N–H and O–H groups in total. The minimum absolute atomic E-state index is 0.0749. The van der Waals surface area contributed by atoms with Crippen LogP contribution in [-0.2, 0) is 21.0 Å². The second-order valence-electron chi connectivity index (χ2n) is 5.94. The van der Waals surface area contributed by atoms with E-state index in [9.17, 15) is 26.4 Å². The maximum atomic E-state index is 13.1. The highest BCUT2D eigenvalue weighted by Crippen LogP contribution is 2.36. The first-order chi connectivity index (χ1) is 12.1. The summed E-state index contributed by atoms with van der Waals surface area (Å²) in [5.74, 6) is -0.338. The highest BCUT2D eigenvalue weighted by Gasteiger charge is 2.36. The van der Waals surface area contributed by atoms with Crippen LogP contribution in [0.2, 0.25) is 0 Å². The van der Waals surface area contributed by atoms with Crippen LogP contribution < -0.4 is 9.62 Å². The van der Waals surface area contributed by atoms with Crippen LogP contribution >= 0.6 is 0 Å². The van der Waals surface area contributed by atoms with Gasteiger partial charge in [-0.1, -0.05) is 12.1 Å². The maximum Gasteiger partial charge on any atom is 0.416 e. The van der Waals surface area contributed by atoms with Crippen LogP contribution in [-0.4, -0.2) is 20.4 Å². The zero-order chi connectivity index (χ0) is 19.1. The minimum atomic E-state index is -4.55. The Labute approximate surface area is 148 Å². The molecule has 1 aliphatic rings. The fourth-order valence-electron chi connectivity index (χ4n) is 2.86. The van der Waals surface area contributed by atoms with E-state index in [-0.39, 0.29) is 22.9 Å². The van der Waals surface area contributed by atoms with Gasteiger partial charge in [0.1, 0.15) is 0 Å². The number of benzene rings is 2. The van der Waals surface area contributed by atoms with Crippen LogP contribution in [0.25, 0.3) is 0 Å². The zero-order valence-electron chi connectivity index (χ0n) is 13.6. The molecule has 1 atom stereocenters. The molecule has 5 nitrogen and oxygen atoms in total. The molecule has 138 valence electrons. The number of nitrogens with zero attached hydrogens (tertiary/aromatic N) is 1. The van der Waals surface area contributed by atoms with Crippen LogP contribution in [0.5, 0.6) is 0 Å². The van der Waals surface area contributed by atoms with Gasteiger partial charge in [0, 0.05) is 6.42 Å². The SMILES string of the molecule is C[C@@H]1CC(=O)Nc2ccccc2N1S(=O)(=O)c1ccc(C(F)(F)F)cc1. The monoisotopic (exact) mass is 384 g/mol. The van der Waals surface area contributed by atoms with Crippen molar-refractivity contribution in [2.24, 2.45) is 0 Å². The number of anilines is 2. The number of amides is 1. The van der Waals surface area contributed by atoms with Crippen LogP contribution in [0.3, 0.4) is 0 Å². The number of alkyl halides is 3. The molecule has 0 saturated heterocycles. The van der Waals surface area contributed by atoms with E-state index in [4.69, 9.17) is 0 Å². The smallest absolute Gasteiger partial charge is 0.324 e. The van der Waals surface area contributed by atoms with Gasteiger partial charge in [-0.15, -0.1) is 0 Å². The fraction of sp³-hybridized carbons (Fsp3) is 0.235. The van der Waals surface area contributed by atoms with Crippen molar-refractivity contribution in [2.45, 2.75) is 30.5 Å². The van der Waals surface area contributed by atoms with Crippen LogP contribution in [0, 0.1) is 0 Å². The summed E-state index contributed by atoms with van der Waals surface area (Å²) >= 11 is 0. The molecule has 0 radical (unpaired) electrons. The molecule has 0 saturated carbocycles. The molecular formula is C17H15F3N2O3S. The molecule has 1 aliphatic heterocycles. The molecule has 0 aromatic heterocycles. The third-order valence-electron chi connectivity index (χ3n) is 4.04. The summed E-state index contributed by atoms with van der Waals surface area (Å²) in [7, 11) is -4.16. The van der Waals surface area contributed by atoms with Gasteiger partial charge >= 0.3 is 6.18 Å².